The molecule has 0 saturated carbocycles. The molecule has 1 aromatic rings. The molecule has 0 spiro atoms. The van der Waals surface area contributed by atoms with E-state index in [9.17, 15) is 4.57 Å². The van der Waals surface area contributed by atoms with Crippen LogP contribution in [0.25, 0.3) is 0 Å². The van der Waals surface area contributed by atoms with Gasteiger partial charge in [0.1, 0.15) is 5.75 Å². The van der Waals surface area contributed by atoms with E-state index < -0.39 is 7.37 Å². The third kappa shape index (κ3) is 4.02. The highest BCUT2D eigenvalue weighted by Crippen LogP contribution is 2.47. The van der Waals surface area contributed by atoms with Crippen molar-refractivity contribution in [3.05, 3.63) is 28.8 Å². The summed E-state index contributed by atoms with van der Waals surface area (Å²) in [6.45, 7) is 4.42. The van der Waals surface area contributed by atoms with Crippen molar-refractivity contribution in [1.82, 2.24) is 5.32 Å². The van der Waals surface area contributed by atoms with Crippen molar-refractivity contribution >= 4 is 19.0 Å². The Morgan fingerprint density at radius 2 is 2.00 bits per heavy atom. The Kier molecular flexibility index (Phi) is 5.51. The quantitative estimate of drug-likeness (QED) is 0.804. The van der Waals surface area contributed by atoms with Gasteiger partial charge in [0.05, 0.1) is 0 Å². The SMILES string of the molecule is CCP(=O)(CC)Oc1ccc(Cl)cc1CNC. The molecule has 3 nitrogen and oxygen atoms in total. The molecule has 17 heavy (non-hydrogen) atoms. The maximum atomic E-state index is 12.3. The van der Waals surface area contributed by atoms with Gasteiger partial charge in [0.2, 0.25) is 7.37 Å². The first-order valence-electron chi connectivity index (χ1n) is 5.75. The lowest BCUT2D eigenvalue weighted by atomic mass is 10.2. The Balaban J connectivity index is 3.01. The number of nitrogens with one attached hydrogen (secondary N) is 1. The van der Waals surface area contributed by atoms with Crippen molar-refractivity contribution in [2.45, 2.75) is 20.4 Å². The molecule has 1 N–H and O–H groups in total. The van der Waals surface area contributed by atoms with Gasteiger partial charge < -0.3 is 9.84 Å². The largest absolute Gasteiger partial charge is 0.442 e. The van der Waals surface area contributed by atoms with Crippen LogP contribution in [0.3, 0.4) is 0 Å². The molecule has 0 atom stereocenters. The lowest BCUT2D eigenvalue weighted by Gasteiger charge is -2.19. The molecule has 0 heterocycles. The van der Waals surface area contributed by atoms with Gasteiger partial charge in [-0.15, -0.1) is 0 Å². The first-order valence-corrected chi connectivity index (χ1v) is 8.12. The number of rotatable bonds is 6. The molecule has 1 rings (SSSR count). The Bertz CT molecular complexity index is 415. The lowest BCUT2D eigenvalue weighted by molar-refractivity contribution is 0.480. The van der Waals surface area contributed by atoms with Crippen molar-refractivity contribution in [2.24, 2.45) is 0 Å². The Labute approximate surface area is 108 Å². The standard InChI is InChI=1S/C12H19ClNO2P/c1-4-17(15,5-2)16-12-7-6-11(13)8-10(12)9-14-3/h6-8,14H,4-5,9H2,1-3H3. The van der Waals surface area contributed by atoms with Gasteiger partial charge >= 0.3 is 0 Å². The van der Waals surface area contributed by atoms with E-state index in [-0.39, 0.29) is 0 Å². The van der Waals surface area contributed by atoms with E-state index in [0.717, 1.165) is 5.56 Å². The Morgan fingerprint density at radius 3 is 2.53 bits per heavy atom. The molecular weight excluding hydrogens is 257 g/mol. The first-order chi connectivity index (χ1) is 8.04. The molecular formula is C12H19ClNO2P. The zero-order valence-electron chi connectivity index (χ0n) is 10.5. The van der Waals surface area contributed by atoms with Crippen LogP contribution in [-0.2, 0) is 11.1 Å². The molecule has 0 aliphatic heterocycles. The minimum Gasteiger partial charge on any atom is -0.442 e. The van der Waals surface area contributed by atoms with Crippen LogP contribution in [0.1, 0.15) is 19.4 Å². The smallest absolute Gasteiger partial charge is 0.247 e. The first kappa shape index (κ1) is 14.6. The van der Waals surface area contributed by atoms with Gasteiger partial charge in [-0.2, -0.15) is 0 Å². The normalized spacial score (nSPS) is 11.5. The second kappa shape index (κ2) is 6.44. The molecule has 96 valence electrons. The summed E-state index contributed by atoms with van der Waals surface area (Å²) in [7, 11) is -0.689. The summed E-state index contributed by atoms with van der Waals surface area (Å²) < 4.78 is 18.0. The molecule has 1 aromatic carbocycles. The lowest BCUT2D eigenvalue weighted by Crippen LogP contribution is -2.08. The fourth-order valence-corrected chi connectivity index (χ4v) is 2.93. The molecule has 0 aliphatic rings. The predicted octanol–water partition coefficient (Wildman–Crippen LogP) is 3.76. The van der Waals surface area contributed by atoms with Gasteiger partial charge in [0, 0.05) is 29.5 Å². The second-order valence-electron chi connectivity index (χ2n) is 3.82. The van der Waals surface area contributed by atoms with Crippen LogP contribution in [0.2, 0.25) is 5.02 Å². The fraction of sp³-hybridized carbons (Fsp3) is 0.500. The van der Waals surface area contributed by atoms with Crippen LogP contribution in [0.4, 0.5) is 0 Å². The molecule has 0 amide bonds. The third-order valence-corrected chi connectivity index (χ3v) is 5.31. The van der Waals surface area contributed by atoms with E-state index in [2.05, 4.69) is 5.32 Å². The van der Waals surface area contributed by atoms with Crippen molar-refractivity contribution in [2.75, 3.05) is 19.4 Å². The van der Waals surface area contributed by atoms with Crippen molar-refractivity contribution < 1.29 is 9.09 Å². The van der Waals surface area contributed by atoms with E-state index in [1.54, 1.807) is 12.1 Å². The van der Waals surface area contributed by atoms with Crippen LogP contribution in [0.15, 0.2) is 18.2 Å². The Morgan fingerprint density at radius 1 is 1.35 bits per heavy atom. The molecule has 0 radical (unpaired) electrons. The molecule has 5 heteroatoms. The topological polar surface area (TPSA) is 38.3 Å². The average Bonchev–Trinajstić information content (AvgIpc) is 2.33. The maximum absolute atomic E-state index is 12.3. The van der Waals surface area contributed by atoms with Gasteiger partial charge in [-0.3, -0.25) is 4.57 Å². The highest BCUT2D eigenvalue weighted by atomic mass is 35.5. The van der Waals surface area contributed by atoms with Gasteiger partial charge in [-0.05, 0) is 25.2 Å². The Hall–Kier alpha value is -0.500. The number of halogens is 1. The van der Waals surface area contributed by atoms with Crippen LogP contribution in [-0.4, -0.2) is 19.4 Å². The summed E-state index contributed by atoms with van der Waals surface area (Å²) in [5.74, 6) is 0.663. The van der Waals surface area contributed by atoms with E-state index in [0.29, 0.717) is 29.6 Å². The third-order valence-electron chi connectivity index (χ3n) is 2.62. The molecule has 0 fully saturated rings. The summed E-state index contributed by atoms with van der Waals surface area (Å²) in [4.78, 5) is 0. The van der Waals surface area contributed by atoms with E-state index in [1.165, 1.54) is 0 Å². The van der Waals surface area contributed by atoms with Crippen LogP contribution >= 0.6 is 19.0 Å². The monoisotopic (exact) mass is 275 g/mol. The van der Waals surface area contributed by atoms with Crippen molar-refractivity contribution in [1.29, 1.82) is 0 Å². The number of benzene rings is 1. The van der Waals surface area contributed by atoms with Gasteiger partial charge in [-0.25, -0.2) is 0 Å². The molecule has 0 bridgehead atoms. The van der Waals surface area contributed by atoms with E-state index in [1.807, 2.05) is 27.0 Å². The number of hydrogen-bond acceptors (Lipinski definition) is 3. The van der Waals surface area contributed by atoms with Crippen LogP contribution in [0.5, 0.6) is 5.75 Å². The van der Waals surface area contributed by atoms with E-state index in [4.69, 9.17) is 16.1 Å². The van der Waals surface area contributed by atoms with Gasteiger partial charge in [0.15, 0.2) is 0 Å². The summed E-state index contributed by atoms with van der Waals surface area (Å²) >= 11 is 5.94. The van der Waals surface area contributed by atoms with Crippen LogP contribution < -0.4 is 9.84 Å². The van der Waals surface area contributed by atoms with Gasteiger partial charge in [0.25, 0.3) is 0 Å². The summed E-state index contributed by atoms with van der Waals surface area (Å²) in [6.07, 6.45) is 1.09. The molecule has 0 saturated heterocycles. The minimum atomic E-state index is -2.54. The highest BCUT2D eigenvalue weighted by molar-refractivity contribution is 7.59. The van der Waals surface area contributed by atoms with Gasteiger partial charge in [-0.1, -0.05) is 25.4 Å². The summed E-state index contributed by atoms with van der Waals surface area (Å²) in [6, 6.07) is 5.38. The molecule has 0 aromatic heterocycles. The van der Waals surface area contributed by atoms with Crippen molar-refractivity contribution in [3.63, 3.8) is 0 Å². The predicted molar refractivity (Wildman–Crippen MR) is 73.5 cm³/mol. The zero-order chi connectivity index (χ0) is 12.9. The number of hydrogen-bond donors (Lipinski definition) is 1. The summed E-state index contributed by atoms with van der Waals surface area (Å²) in [5.41, 5.74) is 0.933. The zero-order valence-corrected chi connectivity index (χ0v) is 12.1. The minimum absolute atomic E-state index is 0.547. The maximum Gasteiger partial charge on any atom is 0.247 e. The van der Waals surface area contributed by atoms with E-state index >= 15 is 0 Å². The average molecular weight is 276 g/mol. The summed E-state index contributed by atoms with van der Waals surface area (Å²) in [5, 5.41) is 3.70. The molecule has 0 aliphatic carbocycles. The fourth-order valence-electron chi connectivity index (χ4n) is 1.50. The van der Waals surface area contributed by atoms with Crippen LogP contribution in [0, 0.1) is 0 Å². The molecule has 0 unspecified atom stereocenters. The second-order valence-corrected chi connectivity index (χ2v) is 7.33. The highest BCUT2D eigenvalue weighted by Gasteiger charge is 2.20. The van der Waals surface area contributed by atoms with Crippen molar-refractivity contribution in [3.8, 4) is 5.75 Å².